The van der Waals surface area contributed by atoms with Gasteiger partial charge in [-0.25, -0.2) is 8.42 Å². The largest absolute Gasteiger partial charge is 0.364 e. The number of amides is 1. The Labute approximate surface area is 109 Å². The lowest BCUT2D eigenvalue weighted by atomic mass is 10.2. The summed E-state index contributed by atoms with van der Waals surface area (Å²) < 4.78 is 26.4. The number of benzene rings is 1. The highest BCUT2D eigenvalue weighted by Crippen LogP contribution is 2.18. The number of nitrogens with one attached hydrogen (secondary N) is 2. The number of carbonyl (C=O) groups is 1. The fraction of sp³-hybridized carbons (Fsp3) is 0.0909. The third-order valence-corrected chi connectivity index (χ3v) is 3.84. The van der Waals surface area contributed by atoms with Crippen LogP contribution in [0.25, 0.3) is 0 Å². The average Bonchev–Trinajstić information content (AvgIpc) is 2.77. The Bertz CT molecular complexity index is 704. The Hall–Kier alpha value is -2.35. The summed E-state index contributed by atoms with van der Waals surface area (Å²) in [5.74, 6) is -0.792. The van der Waals surface area contributed by atoms with Crippen molar-refractivity contribution in [1.82, 2.24) is 10.2 Å². The van der Waals surface area contributed by atoms with Crippen molar-refractivity contribution in [2.75, 3.05) is 4.72 Å². The van der Waals surface area contributed by atoms with Gasteiger partial charge in [-0.1, -0.05) is 17.7 Å². The van der Waals surface area contributed by atoms with E-state index in [0.29, 0.717) is 0 Å². The Kier molecular flexibility index (Phi) is 3.26. The first-order valence-electron chi connectivity index (χ1n) is 5.33. The van der Waals surface area contributed by atoms with Crippen molar-refractivity contribution in [1.29, 1.82) is 0 Å². The summed E-state index contributed by atoms with van der Waals surface area (Å²) in [6.45, 7) is 1.85. The molecular formula is C11H12N4O3S. The van der Waals surface area contributed by atoms with Crippen LogP contribution in [0.2, 0.25) is 0 Å². The number of aryl methyl sites for hydroxylation is 1. The Morgan fingerprint density at radius 3 is 2.53 bits per heavy atom. The average molecular weight is 280 g/mol. The number of hydrogen-bond acceptors (Lipinski definition) is 4. The Morgan fingerprint density at radius 1 is 1.32 bits per heavy atom. The molecule has 7 nitrogen and oxygen atoms in total. The molecule has 0 aliphatic carbocycles. The number of rotatable bonds is 4. The number of primary amides is 1. The summed E-state index contributed by atoms with van der Waals surface area (Å²) in [5.41, 5.74) is 5.97. The van der Waals surface area contributed by atoms with Gasteiger partial charge in [-0.2, -0.15) is 5.10 Å². The number of aromatic nitrogens is 2. The smallest absolute Gasteiger partial charge is 0.268 e. The standard InChI is InChI=1S/C11H12N4O3S/c1-7-2-4-8(5-3-7)19(17,18)15-9-6-13-14-10(9)11(12)16/h2-6,15H,1H3,(H2,12,16)(H,13,14). The van der Waals surface area contributed by atoms with Gasteiger partial charge in [0.25, 0.3) is 15.9 Å². The summed E-state index contributed by atoms with van der Waals surface area (Å²) >= 11 is 0. The quantitative estimate of drug-likeness (QED) is 0.760. The van der Waals surface area contributed by atoms with E-state index in [0.717, 1.165) is 5.56 Å². The lowest BCUT2D eigenvalue weighted by Crippen LogP contribution is -2.18. The molecule has 1 aromatic heterocycles. The number of sulfonamides is 1. The Morgan fingerprint density at radius 2 is 1.95 bits per heavy atom. The highest BCUT2D eigenvalue weighted by Gasteiger charge is 2.18. The van der Waals surface area contributed by atoms with Gasteiger partial charge in [-0.05, 0) is 19.1 Å². The predicted octanol–water partition coefficient (Wildman–Crippen LogP) is 0.618. The molecule has 1 amide bonds. The van der Waals surface area contributed by atoms with Crippen LogP contribution >= 0.6 is 0 Å². The van der Waals surface area contributed by atoms with Crippen LogP contribution in [0.3, 0.4) is 0 Å². The van der Waals surface area contributed by atoms with Gasteiger partial charge in [-0.15, -0.1) is 0 Å². The Balaban J connectivity index is 2.34. The molecule has 0 aliphatic rings. The van der Waals surface area contributed by atoms with Gasteiger partial charge in [0.15, 0.2) is 0 Å². The summed E-state index contributed by atoms with van der Waals surface area (Å²) in [5, 5.41) is 5.92. The molecule has 100 valence electrons. The molecule has 2 rings (SSSR count). The topological polar surface area (TPSA) is 118 Å². The minimum Gasteiger partial charge on any atom is -0.364 e. The highest BCUT2D eigenvalue weighted by molar-refractivity contribution is 7.92. The van der Waals surface area contributed by atoms with Crippen LogP contribution in [0.15, 0.2) is 35.4 Å². The van der Waals surface area contributed by atoms with E-state index in [9.17, 15) is 13.2 Å². The number of carbonyl (C=O) groups excluding carboxylic acids is 1. The molecule has 8 heteroatoms. The fourth-order valence-electron chi connectivity index (χ4n) is 1.47. The van der Waals surface area contributed by atoms with E-state index in [1.54, 1.807) is 12.1 Å². The van der Waals surface area contributed by atoms with E-state index in [1.165, 1.54) is 18.3 Å². The van der Waals surface area contributed by atoms with Crippen LogP contribution in [0, 0.1) is 6.92 Å². The van der Waals surface area contributed by atoms with Gasteiger partial charge >= 0.3 is 0 Å². The maximum Gasteiger partial charge on any atom is 0.268 e. The van der Waals surface area contributed by atoms with Crippen molar-refractivity contribution < 1.29 is 13.2 Å². The van der Waals surface area contributed by atoms with Crippen molar-refractivity contribution >= 4 is 21.6 Å². The second-order valence-corrected chi connectivity index (χ2v) is 5.62. The minimum atomic E-state index is -3.77. The maximum absolute atomic E-state index is 12.1. The molecule has 0 unspecified atom stereocenters. The first-order valence-corrected chi connectivity index (χ1v) is 6.81. The lowest BCUT2D eigenvalue weighted by molar-refractivity contribution is 0.0996. The van der Waals surface area contributed by atoms with Gasteiger partial charge in [0, 0.05) is 0 Å². The lowest BCUT2D eigenvalue weighted by Gasteiger charge is -2.07. The van der Waals surface area contributed by atoms with E-state index < -0.39 is 15.9 Å². The number of aromatic amines is 1. The van der Waals surface area contributed by atoms with Crippen LogP contribution in [-0.2, 0) is 10.0 Å². The van der Waals surface area contributed by atoms with Gasteiger partial charge < -0.3 is 5.73 Å². The summed E-state index contributed by atoms with van der Waals surface area (Å²) in [4.78, 5) is 11.2. The maximum atomic E-state index is 12.1. The van der Waals surface area contributed by atoms with Crippen LogP contribution in [-0.4, -0.2) is 24.5 Å². The van der Waals surface area contributed by atoms with Crippen molar-refractivity contribution in [2.24, 2.45) is 5.73 Å². The molecule has 0 bridgehead atoms. The van der Waals surface area contributed by atoms with E-state index in [2.05, 4.69) is 14.9 Å². The molecule has 0 saturated heterocycles. The minimum absolute atomic E-state index is 0.0214. The molecule has 0 radical (unpaired) electrons. The zero-order valence-corrected chi connectivity index (χ0v) is 10.9. The van der Waals surface area contributed by atoms with Crippen molar-refractivity contribution in [3.05, 3.63) is 41.7 Å². The van der Waals surface area contributed by atoms with E-state index >= 15 is 0 Å². The van der Waals surface area contributed by atoms with Gasteiger partial charge in [0.05, 0.1) is 16.8 Å². The fourth-order valence-corrected chi connectivity index (χ4v) is 2.53. The molecule has 2 aromatic rings. The molecule has 0 fully saturated rings. The molecular weight excluding hydrogens is 268 g/mol. The number of nitrogens with two attached hydrogens (primary N) is 1. The van der Waals surface area contributed by atoms with Crippen LogP contribution in [0.4, 0.5) is 5.69 Å². The van der Waals surface area contributed by atoms with Gasteiger partial charge in [0.2, 0.25) is 0 Å². The highest BCUT2D eigenvalue weighted by atomic mass is 32.2. The molecule has 0 aliphatic heterocycles. The second-order valence-electron chi connectivity index (χ2n) is 3.94. The molecule has 0 atom stereocenters. The predicted molar refractivity (Wildman–Crippen MR) is 69.1 cm³/mol. The van der Waals surface area contributed by atoms with Gasteiger partial charge in [-0.3, -0.25) is 14.6 Å². The van der Waals surface area contributed by atoms with E-state index in [4.69, 9.17) is 5.73 Å². The van der Waals surface area contributed by atoms with Crippen LogP contribution in [0.5, 0.6) is 0 Å². The molecule has 0 spiro atoms. The summed E-state index contributed by atoms with van der Waals surface area (Å²) in [6, 6.07) is 6.31. The molecule has 1 aromatic carbocycles. The third kappa shape index (κ3) is 2.74. The molecule has 1 heterocycles. The van der Waals surface area contributed by atoms with Crippen molar-refractivity contribution in [2.45, 2.75) is 11.8 Å². The van der Waals surface area contributed by atoms with Crippen molar-refractivity contribution in [3.8, 4) is 0 Å². The zero-order chi connectivity index (χ0) is 14.0. The third-order valence-electron chi connectivity index (χ3n) is 2.46. The van der Waals surface area contributed by atoms with E-state index in [-0.39, 0.29) is 16.3 Å². The number of nitrogens with zero attached hydrogens (tertiary/aromatic N) is 1. The van der Waals surface area contributed by atoms with Gasteiger partial charge in [0.1, 0.15) is 5.69 Å². The monoisotopic (exact) mass is 280 g/mol. The second kappa shape index (κ2) is 4.73. The van der Waals surface area contributed by atoms with Crippen molar-refractivity contribution in [3.63, 3.8) is 0 Å². The van der Waals surface area contributed by atoms with E-state index in [1.807, 2.05) is 6.92 Å². The SMILES string of the molecule is Cc1ccc(S(=O)(=O)Nc2cn[nH]c2C(N)=O)cc1. The number of anilines is 1. The first-order chi connectivity index (χ1) is 8.90. The van der Waals surface area contributed by atoms with Crippen LogP contribution < -0.4 is 10.5 Å². The zero-order valence-electron chi connectivity index (χ0n) is 10.0. The molecule has 0 saturated carbocycles. The van der Waals surface area contributed by atoms with Crippen LogP contribution in [0.1, 0.15) is 16.1 Å². The number of H-pyrrole nitrogens is 1. The number of hydrogen-bond donors (Lipinski definition) is 3. The molecule has 19 heavy (non-hydrogen) atoms. The summed E-state index contributed by atoms with van der Waals surface area (Å²) in [7, 11) is -3.77. The molecule has 4 N–H and O–H groups in total. The first kappa shape index (κ1) is 13.1. The normalized spacial score (nSPS) is 11.2. The summed E-state index contributed by atoms with van der Waals surface area (Å²) in [6.07, 6.45) is 1.19.